The third-order valence-corrected chi connectivity index (χ3v) is 3.85. The van der Waals surface area contributed by atoms with Crippen LogP contribution in [0.4, 0.5) is 0 Å². The van der Waals surface area contributed by atoms with Gasteiger partial charge in [-0.1, -0.05) is 13.8 Å². The molecular weight excluding hydrogens is 294 g/mol. The van der Waals surface area contributed by atoms with Gasteiger partial charge in [-0.05, 0) is 37.5 Å². The fraction of sp³-hybridized carbons (Fsp3) is 0.444. The molecule has 0 fully saturated rings. The third-order valence-electron chi connectivity index (χ3n) is 3.85. The molecule has 0 radical (unpaired) electrons. The van der Waals surface area contributed by atoms with Gasteiger partial charge in [-0.3, -0.25) is 4.79 Å². The first-order valence-electron chi connectivity index (χ1n) is 7.94. The van der Waals surface area contributed by atoms with E-state index in [1.807, 2.05) is 33.8 Å². The normalized spacial score (nSPS) is 11.0. The van der Waals surface area contributed by atoms with E-state index in [2.05, 4.69) is 0 Å². The number of amides is 1. The zero-order valence-electron chi connectivity index (χ0n) is 14.1. The lowest BCUT2D eigenvalue weighted by Gasteiger charge is -2.18. The van der Waals surface area contributed by atoms with Crippen LogP contribution < -0.4 is 10.4 Å². The summed E-state index contributed by atoms with van der Waals surface area (Å²) in [5, 5.41) is 0.891. The van der Waals surface area contributed by atoms with E-state index in [1.54, 1.807) is 17.0 Å². The second-order valence-electron chi connectivity index (χ2n) is 5.69. The Balaban J connectivity index is 2.24. The smallest absolute Gasteiger partial charge is 0.336 e. The van der Waals surface area contributed by atoms with Gasteiger partial charge in [0.1, 0.15) is 11.3 Å². The number of fused-ring (bicyclic) bond motifs is 1. The molecule has 0 aliphatic rings. The van der Waals surface area contributed by atoms with Crippen molar-refractivity contribution >= 4 is 16.9 Å². The highest BCUT2D eigenvalue weighted by Gasteiger charge is 2.12. The fourth-order valence-electron chi connectivity index (χ4n) is 2.55. The van der Waals surface area contributed by atoms with Gasteiger partial charge in [0.25, 0.3) is 5.91 Å². The second-order valence-corrected chi connectivity index (χ2v) is 5.69. The summed E-state index contributed by atoms with van der Waals surface area (Å²) in [5.74, 6) is 0.673. The number of carbonyl (C=O) groups excluding carboxylic acids is 1. The van der Waals surface area contributed by atoms with Crippen LogP contribution in [0.15, 0.2) is 33.5 Å². The predicted octanol–water partition coefficient (Wildman–Crippen LogP) is 3.16. The van der Waals surface area contributed by atoms with Crippen molar-refractivity contribution in [1.29, 1.82) is 0 Å². The molecule has 0 atom stereocenters. The number of carbonyl (C=O) groups is 1. The highest BCUT2D eigenvalue weighted by atomic mass is 16.5. The van der Waals surface area contributed by atoms with E-state index in [-0.39, 0.29) is 24.1 Å². The molecule has 2 rings (SSSR count). The highest BCUT2D eigenvalue weighted by Crippen LogP contribution is 2.26. The zero-order valence-corrected chi connectivity index (χ0v) is 14.1. The van der Waals surface area contributed by atoms with Crippen LogP contribution in [0.1, 0.15) is 39.2 Å². The number of nitrogens with zero attached hydrogens (tertiary/aromatic N) is 1. The Hall–Kier alpha value is -2.30. The molecule has 124 valence electrons. The van der Waals surface area contributed by atoms with Crippen LogP contribution in [0, 0.1) is 0 Å². The monoisotopic (exact) mass is 317 g/mol. The molecule has 2 aromatic rings. The van der Waals surface area contributed by atoms with Crippen LogP contribution in [-0.4, -0.2) is 30.5 Å². The Morgan fingerprint density at radius 1 is 1.22 bits per heavy atom. The van der Waals surface area contributed by atoms with Gasteiger partial charge in [0.2, 0.25) is 0 Å². The molecular formula is C18H23NO4. The molecule has 0 saturated heterocycles. The maximum Gasteiger partial charge on any atom is 0.336 e. The van der Waals surface area contributed by atoms with Gasteiger partial charge >= 0.3 is 5.63 Å². The molecule has 1 aromatic carbocycles. The van der Waals surface area contributed by atoms with Crippen molar-refractivity contribution in [1.82, 2.24) is 4.90 Å². The van der Waals surface area contributed by atoms with Crippen LogP contribution in [0.5, 0.6) is 5.75 Å². The van der Waals surface area contributed by atoms with Crippen LogP contribution in [-0.2, 0) is 4.79 Å². The zero-order chi connectivity index (χ0) is 17.0. The van der Waals surface area contributed by atoms with E-state index in [0.29, 0.717) is 24.4 Å². The quantitative estimate of drug-likeness (QED) is 0.768. The third kappa shape index (κ3) is 3.92. The average molecular weight is 317 g/mol. The van der Waals surface area contributed by atoms with Crippen LogP contribution in [0.25, 0.3) is 11.0 Å². The summed E-state index contributed by atoms with van der Waals surface area (Å²) in [6.45, 7) is 9.20. The van der Waals surface area contributed by atoms with Crippen LogP contribution in [0.2, 0.25) is 0 Å². The molecule has 0 unspecified atom stereocenters. The van der Waals surface area contributed by atoms with Crippen molar-refractivity contribution in [2.45, 2.75) is 33.6 Å². The van der Waals surface area contributed by atoms with Gasteiger partial charge < -0.3 is 14.1 Å². The summed E-state index contributed by atoms with van der Waals surface area (Å²) in [5.41, 5.74) is 1.05. The van der Waals surface area contributed by atoms with Gasteiger partial charge in [-0.25, -0.2) is 4.79 Å². The van der Waals surface area contributed by atoms with E-state index >= 15 is 0 Å². The molecule has 0 N–H and O–H groups in total. The number of benzene rings is 1. The Labute approximate surface area is 135 Å². The Morgan fingerprint density at radius 3 is 2.52 bits per heavy atom. The molecule has 0 aliphatic carbocycles. The molecule has 5 heteroatoms. The minimum absolute atomic E-state index is 0.0265. The number of likely N-dealkylation sites (N-methyl/N-ethyl adjacent to an activating group) is 1. The minimum atomic E-state index is -0.377. The summed E-state index contributed by atoms with van der Waals surface area (Å²) in [4.78, 5) is 25.4. The lowest BCUT2D eigenvalue weighted by molar-refractivity contribution is -0.132. The molecule has 1 amide bonds. The van der Waals surface area contributed by atoms with Gasteiger partial charge in [0.15, 0.2) is 6.61 Å². The Bertz CT molecular complexity index is 744. The van der Waals surface area contributed by atoms with Gasteiger partial charge in [0.05, 0.1) is 0 Å². The first-order chi connectivity index (χ1) is 11.0. The van der Waals surface area contributed by atoms with E-state index in [9.17, 15) is 9.59 Å². The molecule has 0 spiro atoms. The van der Waals surface area contributed by atoms with Gasteiger partial charge in [-0.2, -0.15) is 0 Å². The maximum atomic E-state index is 12.0. The highest BCUT2D eigenvalue weighted by molar-refractivity contribution is 5.82. The van der Waals surface area contributed by atoms with Gasteiger partial charge in [-0.15, -0.1) is 0 Å². The molecule has 23 heavy (non-hydrogen) atoms. The average Bonchev–Trinajstić information content (AvgIpc) is 2.52. The van der Waals surface area contributed by atoms with E-state index < -0.39 is 0 Å². The minimum Gasteiger partial charge on any atom is -0.484 e. The van der Waals surface area contributed by atoms with E-state index in [4.69, 9.17) is 9.15 Å². The first kappa shape index (κ1) is 17.1. The number of ether oxygens (including phenoxy) is 1. The summed E-state index contributed by atoms with van der Waals surface area (Å²) in [6, 6.07) is 6.85. The van der Waals surface area contributed by atoms with Crippen molar-refractivity contribution < 1.29 is 13.9 Å². The van der Waals surface area contributed by atoms with E-state index in [1.165, 1.54) is 6.07 Å². The van der Waals surface area contributed by atoms with Crippen molar-refractivity contribution in [2.24, 2.45) is 0 Å². The van der Waals surface area contributed by atoms with E-state index in [0.717, 1.165) is 10.9 Å². The predicted molar refractivity (Wildman–Crippen MR) is 90.0 cm³/mol. The van der Waals surface area contributed by atoms with Crippen LogP contribution >= 0.6 is 0 Å². The molecule has 5 nitrogen and oxygen atoms in total. The number of hydrogen-bond acceptors (Lipinski definition) is 4. The largest absolute Gasteiger partial charge is 0.484 e. The van der Waals surface area contributed by atoms with Crippen LogP contribution in [0.3, 0.4) is 0 Å². The van der Waals surface area contributed by atoms with Crippen molar-refractivity contribution in [3.63, 3.8) is 0 Å². The Kier molecular flexibility index (Phi) is 5.42. The summed E-state index contributed by atoms with van der Waals surface area (Å²) in [6.07, 6.45) is 0. The first-order valence-corrected chi connectivity index (χ1v) is 7.94. The fourth-order valence-corrected chi connectivity index (χ4v) is 2.55. The number of hydrogen-bond donors (Lipinski definition) is 0. The summed E-state index contributed by atoms with van der Waals surface area (Å²) in [7, 11) is 0. The molecule has 0 bridgehead atoms. The van der Waals surface area contributed by atoms with Crippen molar-refractivity contribution in [3.8, 4) is 5.75 Å². The molecule has 0 saturated carbocycles. The van der Waals surface area contributed by atoms with Crippen molar-refractivity contribution in [3.05, 3.63) is 40.2 Å². The standard InChI is InChI=1S/C18H23NO4/c1-5-19(6-2)17(20)11-22-13-7-8-14-15(12(3)4)10-18(21)23-16(14)9-13/h7-10,12H,5-6,11H2,1-4H3. The molecule has 1 heterocycles. The summed E-state index contributed by atoms with van der Waals surface area (Å²) < 4.78 is 10.8. The lowest BCUT2D eigenvalue weighted by atomic mass is 10.00. The maximum absolute atomic E-state index is 12.0. The van der Waals surface area contributed by atoms with Crippen molar-refractivity contribution in [2.75, 3.05) is 19.7 Å². The molecule has 0 aliphatic heterocycles. The second kappa shape index (κ2) is 7.31. The number of rotatable bonds is 6. The SMILES string of the molecule is CCN(CC)C(=O)COc1ccc2c(C(C)C)cc(=O)oc2c1. The summed E-state index contributed by atoms with van der Waals surface area (Å²) >= 11 is 0. The Morgan fingerprint density at radius 2 is 1.91 bits per heavy atom. The lowest BCUT2D eigenvalue weighted by Crippen LogP contribution is -2.34. The molecule has 1 aromatic heterocycles. The topological polar surface area (TPSA) is 59.8 Å². The van der Waals surface area contributed by atoms with Gasteiger partial charge in [0, 0.05) is 30.6 Å².